The number of rotatable bonds is 4. The Morgan fingerprint density at radius 1 is 1.09 bits per heavy atom. The van der Waals surface area contributed by atoms with Crippen LogP contribution in [0.3, 0.4) is 0 Å². The number of hydrogen-bond donors (Lipinski definition) is 2. The fourth-order valence-corrected chi connectivity index (χ4v) is 4.14. The lowest BCUT2D eigenvalue weighted by Crippen LogP contribution is -2.30. The Kier molecular flexibility index (Phi) is 5.82. The third-order valence-corrected chi connectivity index (χ3v) is 5.80. The normalized spacial score (nSPS) is 12.4. The zero-order valence-corrected chi connectivity index (χ0v) is 18.7. The van der Waals surface area contributed by atoms with Crippen LogP contribution in [0.15, 0.2) is 64.4 Å². The summed E-state index contributed by atoms with van der Waals surface area (Å²) in [4.78, 5) is 28.1. The first-order chi connectivity index (χ1) is 16.9. The van der Waals surface area contributed by atoms with Crippen molar-refractivity contribution >= 4 is 28.4 Å². The number of alkyl carbamates (subject to hydrolysis) is 1. The summed E-state index contributed by atoms with van der Waals surface area (Å²) in [5, 5.41) is 10.2. The van der Waals surface area contributed by atoms with Crippen molar-refractivity contribution in [2.45, 2.75) is 19.8 Å². The lowest BCUT2D eigenvalue weighted by atomic mass is 9.97. The summed E-state index contributed by atoms with van der Waals surface area (Å²) in [6.45, 7) is 1.95. The number of aliphatic imine (C=N–C) groups is 1. The molecule has 5 rings (SSSR count). The van der Waals surface area contributed by atoms with Gasteiger partial charge in [0.2, 0.25) is 0 Å². The molecule has 35 heavy (non-hydrogen) atoms. The van der Waals surface area contributed by atoms with Gasteiger partial charge in [-0.2, -0.15) is 5.10 Å². The summed E-state index contributed by atoms with van der Waals surface area (Å²) in [5.74, 6) is -0.979. The molecule has 0 saturated carbocycles. The maximum Gasteiger partial charge on any atom is 0.412 e. The highest BCUT2D eigenvalue weighted by molar-refractivity contribution is 6.01. The number of H-pyrrole nitrogens is 1. The molecule has 2 N–H and O–H groups in total. The van der Waals surface area contributed by atoms with Crippen molar-refractivity contribution in [1.82, 2.24) is 15.5 Å². The van der Waals surface area contributed by atoms with Gasteiger partial charge in [0.05, 0.1) is 23.4 Å². The first-order valence-corrected chi connectivity index (χ1v) is 11.0. The topological polar surface area (TPSA) is 96.4 Å². The van der Waals surface area contributed by atoms with Crippen LogP contribution < -0.4 is 10.9 Å². The van der Waals surface area contributed by atoms with Gasteiger partial charge in [0.15, 0.2) is 0 Å². The smallest absolute Gasteiger partial charge is 0.412 e. The molecule has 3 aromatic carbocycles. The van der Waals surface area contributed by atoms with E-state index >= 15 is 0 Å². The number of ether oxygens (including phenoxy) is 1. The number of halogens is 2. The van der Waals surface area contributed by atoms with E-state index in [4.69, 9.17) is 4.74 Å². The summed E-state index contributed by atoms with van der Waals surface area (Å²) in [6.07, 6.45) is -0.110. The van der Waals surface area contributed by atoms with E-state index in [1.54, 1.807) is 49.4 Å². The SMILES string of the molecule is CCOC(=O)NC1=Nc2cc(-c3cc(Cc4n[nH]c(=O)c5ccccc45)c(F)cc3F)ccc2C1. The molecule has 1 aromatic heterocycles. The van der Waals surface area contributed by atoms with Gasteiger partial charge in [-0.1, -0.05) is 30.3 Å². The van der Waals surface area contributed by atoms with Gasteiger partial charge in [-0.25, -0.2) is 23.7 Å². The molecule has 0 atom stereocenters. The van der Waals surface area contributed by atoms with Crippen LogP contribution in [0, 0.1) is 11.6 Å². The number of aromatic amines is 1. The molecule has 0 aliphatic carbocycles. The zero-order chi connectivity index (χ0) is 24.5. The van der Waals surface area contributed by atoms with Crippen LogP contribution in [0.1, 0.15) is 23.7 Å². The van der Waals surface area contributed by atoms with Crippen molar-refractivity contribution in [1.29, 1.82) is 0 Å². The van der Waals surface area contributed by atoms with Crippen LogP contribution >= 0.6 is 0 Å². The molecule has 4 aromatic rings. The van der Waals surface area contributed by atoms with Crippen LogP contribution in [-0.2, 0) is 17.6 Å². The zero-order valence-electron chi connectivity index (χ0n) is 18.7. The third-order valence-electron chi connectivity index (χ3n) is 5.80. The Morgan fingerprint density at radius 3 is 2.69 bits per heavy atom. The second kappa shape index (κ2) is 9.09. The second-order valence-corrected chi connectivity index (χ2v) is 8.07. The molecule has 0 bridgehead atoms. The average Bonchev–Trinajstić information content (AvgIpc) is 3.24. The molecule has 0 saturated heterocycles. The van der Waals surface area contributed by atoms with Crippen LogP contribution in [0.2, 0.25) is 0 Å². The van der Waals surface area contributed by atoms with Gasteiger partial charge < -0.3 is 4.74 Å². The summed E-state index contributed by atoms with van der Waals surface area (Å²) >= 11 is 0. The first kappa shape index (κ1) is 22.4. The maximum absolute atomic E-state index is 14.8. The molecule has 1 aliphatic rings. The summed E-state index contributed by atoms with van der Waals surface area (Å²) < 4.78 is 34.5. The molecule has 7 nitrogen and oxygen atoms in total. The molecular weight excluding hydrogens is 454 g/mol. The van der Waals surface area contributed by atoms with Crippen molar-refractivity contribution in [3.63, 3.8) is 0 Å². The number of carbonyl (C=O) groups excluding carboxylic acids is 1. The van der Waals surface area contributed by atoms with Gasteiger partial charge in [-0.15, -0.1) is 0 Å². The fourth-order valence-electron chi connectivity index (χ4n) is 4.14. The number of aromatic nitrogens is 2. The Hall–Kier alpha value is -4.40. The van der Waals surface area contributed by atoms with Crippen molar-refractivity contribution < 1.29 is 18.3 Å². The van der Waals surface area contributed by atoms with Gasteiger partial charge in [-0.05, 0) is 41.8 Å². The second-order valence-electron chi connectivity index (χ2n) is 8.07. The van der Waals surface area contributed by atoms with Gasteiger partial charge in [0, 0.05) is 29.9 Å². The fraction of sp³-hybridized carbons (Fsp3) is 0.154. The molecule has 0 spiro atoms. The van der Waals surface area contributed by atoms with Crippen molar-refractivity contribution in [2.24, 2.45) is 4.99 Å². The highest BCUT2D eigenvalue weighted by Crippen LogP contribution is 2.34. The quantitative estimate of drug-likeness (QED) is 0.445. The van der Waals surface area contributed by atoms with E-state index in [1.807, 2.05) is 0 Å². The Labute approximate surface area is 198 Å². The minimum Gasteiger partial charge on any atom is -0.450 e. The number of amides is 1. The highest BCUT2D eigenvalue weighted by atomic mass is 19.1. The third kappa shape index (κ3) is 4.40. The Balaban J connectivity index is 1.49. The minimum atomic E-state index is -0.711. The number of fused-ring (bicyclic) bond motifs is 2. The monoisotopic (exact) mass is 474 g/mol. The first-order valence-electron chi connectivity index (χ1n) is 11.0. The van der Waals surface area contributed by atoms with Crippen molar-refractivity contribution in [3.8, 4) is 11.1 Å². The summed E-state index contributed by atoms with van der Waals surface area (Å²) in [7, 11) is 0. The molecule has 0 fully saturated rings. The van der Waals surface area contributed by atoms with E-state index in [0.29, 0.717) is 40.0 Å². The predicted octanol–water partition coefficient (Wildman–Crippen LogP) is 4.79. The summed E-state index contributed by atoms with van der Waals surface area (Å²) in [6, 6.07) is 14.5. The van der Waals surface area contributed by atoms with Crippen LogP contribution in [0.5, 0.6) is 0 Å². The molecule has 2 heterocycles. The van der Waals surface area contributed by atoms with Gasteiger partial charge in [0.1, 0.15) is 17.5 Å². The van der Waals surface area contributed by atoms with Crippen LogP contribution in [0.25, 0.3) is 21.9 Å². The van der Waals surface area contributed by atoms with E-state index in [-0.39, 0.29) is 29.7 Å². The number of amidine groups is 1. The molecular formula is C26H20F2N4O3. The van der Waals surface area contributed by atoms with E-state index in [0.717, 1.165) is 11.6 Å². The van der Waals surface area contributed by atoms with Gasteiger partial charge in [0.25, 0.3) is 5.56 Å². The summed E-state index contributed by atoms with van der Waals surface area (Å²) in [5.41, 5.74) is 2.56. The van der Waals surface area contributed by atoms with E-state index in [2.05, 4.69) is 20.5 Å². The molecule has 176 valence electrons. The van der Waals surface area contributed by atoms with Gasteiger partial charge >= 0.3 is 6.09 Å². The molecule has 9 heteroatoms. The minimum absolute atomic E-state index is 0.0626. The van der Waals surface area contributed by atoms with Crippen LogP contribution in [-0.4, -0.2) is 28.7 Å². The number of benzene rings is 3. The number of nitrogens with one attached hydrogen (secondary N) is 2. The lowest BCUT2D eigenvalue weighted by Gasteiger charge is -2.11. The van der Waals surface area contributed by atoms with E-state index < -0.39 is 17.7 Å². The highest BCUT2D eigenvalue weighted by Gasteiger charge is 2.20. The largest absolute Gasteiger partial charge is 0.450 e. The van der Waals surface area contributed by atoms with E-state index in [9.17, 15) is 18.4 Å². The van der Waals surface area contributed by atoms with E-state index in [1.165, 1.54) is 6.07 Å². The molecule has 1 amide bonds. The van der Waals surface area contributed by atoms with Crippen molar-refractivity contribution in [3.05, 3.63) is 93.4 Å². The van der Waals surface area contributed by atoms with Crippen LogP contribution in [0.4, 0.5) is 19.3 Å². The lowest BCUT2D eigenvalue weighted by molar-refractivity contribution is 0.157. The molecule has 1 aliphatic heterocycles. The number of carbonyl (C=O) groups is 1. The molecule has 0 radical (unpaired) electrons. The molecule has 0 unspecified atom stereocenters. The standard InChI is InChI=1S/C26H20F2N4O3/c1-2-35-26(34)30-24-12-15-8-7-14(10-22(15)29-24)19-9-16(20(27)13-21(19)28)11-23-17-5-3-4-6-18(17)25(33)32-31-23/h3-10,13H,2,11-12H2,1H3,(H,32,33)(H,29,30,34). The van der Waals surface area contributed by atoms with Gasteiger partial charge in [-0.3, -0.25) is 10.1 Å². The Bertz CT molecular complexity index is 1560. The van der Waals surface area contributed by atoms with Crippen molar-refractivity contribution in [2.75, 3.05) is 6.61 Å². The average molecular weight is 474 g/mol. The predicted molar refractivity (Wildman–Crippen MR) is 128 cm³/mol. The Morgan fingerprint density at radius 2 is 1.89 bits per heavy atom. The number of hydrogen-bond acceptors (Lipinski definition) is 5. The number of nitrogens with zero attached hydrogens (tertiary/aromatic N) is 2. The maximum atomic E-state index is 14.8.